The summed E-state index contributed by atoms with van der Waals surface area (Å²) in [6.07, 6.45) is 1.38. The Morgan fingerprint density at radius 1 is 1.46 bits per heavy atom. The van der Waals surface area contributed by atoms with Crippen molar-refractivity contribution in [2.24, 2.45) is 5.73 Å². The third-order valence-corrected chi connectivity index (χ3v) is 2.36. The van der Waals surface area contributed by atoms with Gasteiger partial charge in [0.15, 0.2) is 0 Å². The van der Waals surface area contributed by atoms with E-state index in [0.717, 1.165) is 12.8 Å². The highest BCUT2D eigenvalue weighted by molar-refractivity contribution is 4.78. The van der Waals surface area contributed by atoms with Crippen molar-refractivity contribution in [1.82, 2.24) is 0 Å². The molecule has 80 valence electrons. The normalized spacial score (nSPS) is 20.8. The van der Waals surface area contributed by atoms with Crippen molar-refractivity contribution in [2.45, 2.75) is 58.3 Å². The highest BCUT2D eigenvalue weighted by Crippen LogP contribution is 2.19. The van der Waals surface area contributed by atoms with Crippen LogP contribution in [0.2, 0.25) is 0 Å². The molecule has 0 fully saturated rings. The average molecular weight is 189 g/mol. The minimum absolute atomic E-state index is 0.153. The zero-order chi connectivity index (χ0) is 10.5. The maximum atomic E-state index is 9.28. The van der Waals surface area contributed by atoms with Gasteiger partial charge < -0.3 is 15.6 Å². The Kier molecular flexibility index (Phi) is 5.53. The van der Waals surface area contributed by atoms with E-state index in [0.29, 0.717) is 6.54 Å². The number of aliphatic hydroxyl groups is 1. The van der Waals surface area contributed by atoms with Crippen LogP contribution in [0.1, 0.15) is 40.5 Å². The van der Waals surface area contributed by atoms with Crippen LogP contribution in [0.15, 0.2) is 0 Å². The monoisotopic (exact) mass is 189 g/mol. The Hall–Kier alpha value is -0.120. The quantitative estimate of drug-likeness (QED) is 0.662. The predicted molar refractivity (Wildman–Crippen MR) is 54.6 cm³/mol. The van der Waals surface area contributed by atoms with Gasteiger partial charge in [-0.25, -0.2) is 0 Å². The first kappa shape index (κ1) is 12.9. The summed E-state index contributed by atoms with van der Waals surface area (Å²) in [5, 5.41) is 9.28. The van der Waals surface area contributed by atoms with Crippen molar-refractivity contribution in [3.05, 3.63) is 0 Å². The first-order valence-corrected chi connectivity index (χ1v) is 5.01. The lowest BCUT2D eigenvalue weighted by Gasteiger charge is -2.32. The zero-order valence-electron chi connectivity index (χ0n) is 9.21. The third kappa shape index (κ3) is 4.60. The molecule has 0 spiro atoms. The van der Waals surface area contributed by atoms with E-state index < -0.39 is 6.10 Å². The minimum Gasteiger partial charge on any atom is -0.391 e. The van der Waals surface area contributed by atoms with Crippen LogP contribution in [0.25, 0.3) is 0 Å². The molecule has 0 aliphatic rings. The van der Waals surface area contributed by atoms with E-state index in [-0.39, 0.29) is 11.7 Å². The second kappa shape index (κ2) is 5.58. The van der Waals surface area contributed by atoms with Crippen LogP contribution in [-0.2, 0) is 4.74 Å². The van der Waals surface area contributed by atoms with Gasteiger partial charge in [0.05, 0.1) is 17.8 Å². The fraction of sp³-hybridized carbons (Fsp3) is 1.00. The largest absolute Gasteiger partial charge is 0.391 e. The molecule has 0 radical (unpaired) electrons. The van der Waals surface area contributed by atoms with Gasteiger partial charge in [-0.05, 0) is 27.2 Å². The van der Waals surface area contributed by atoms with Gasteiger partial charge in [0.25, 0.3) is 0 Å². The molecule has 3 heteroatoms. The van der Waals surface area contributed by atoms with E-state index >= 15 is 0 Å². The highest BCUT2D eigenvalue weighted by atomic mass is 16.5. The molecule has 3 N–H and O–H groups in total. The van der Waals surface area contributed by atoms with Gasteiger partial charge in [-0.2, -0.15) is 0 Å². The van der Waals surface area contributed by atoms with Crippen molar-refractivity contribution in [1.29, 1.82) is 0 Å². The lowest BCUT2D eigenvalue weighted by Crippen LogP contribution is -2.42. The molecule has 3 nitrogen and oxygen atoms in total. The minimum atomic E-state index is -0.442. The fourth-order valence-corrected chi connectivity index (χ4v) is 1.29. The zero-order valence-corrected chi connectivity index (χ0v) is 9.21. The second-order valence-electron chi connectivity index (χ2n) is 3.97. The van der Waals surface area contributed by atoms with E-state index in [1.807, 2.05) is 13.8 Å². The van der Waals surface area contributed by atoms with Crippen LogP contribution >= 0.6 is 0 Å². The van der Waals surface area contributed by atoms with Crippen LogP contribution in [0.4, 0.5) is 0 Å². The molecule has 3 atom stereocenters. The summed E-state index contributed by atoms with van der Waals surface area (Å²) >= 11 is 0. The summed E-state index contributed by atoms with van der Waals surface area (Å²) in [5.41, 5.74) is 5.35. The number of aliphatic hydroxyl groups excluding tert-OH is 1. The number of ether oxygens (including phenoxy) is 1. The van der Waals surface area contributed by atoms with E-state index in [9.17, 15) is 5.11 Å². The third-order valence-electron chi connectivity index (χ3n) is 2.36. The maximum Gasteiger partial charge on any atom is 0.0811 e. The predicted octanol–water partition coefficient (Wildman–Crippen LogP) is 1.29. The molecular formula is C10H23NO2. The van der Waals surface area contributed by atoms with Gasteiger partial charge in [-0.15, -0.1) is 0 Å². The summed E-state index contributed by atoms with van der Waals surface area (Å²) in [6, 6.07) is 0. The lowest BCUT2D eigenvalue weighted by molar-refractivity contribution is -0.113. The van der Waals surface area contributed by atoms with Crippen LogP contribution in [0, 0.1) is 0 Å². The van der Waals surface area contributed by atoms with Crippen LogP contribution in [0.5, 0.6) is 0 Å². The Morgan fingerprint density at radius 3 is 2.31 bits per heavy atom. The van der Waals surface area contributed by atoms with Crippen molar-refractivity contribution in [3.8, 4) is 0 Å². The standard InChI is InChI=1S/C10H23NO2/c1-5-6-10(4,7-11)13-9(3)8(2)12/h8-9,12H,5-7,11H2,1-4H3. The number of hydrogen-bond donors (Lipinski definition) is 2. The van der Waals surface area contributed by atoms with Gasteiger partial charge in [0, 0.05) is 6.54 Å². The smallest absolute Gasteiger partial charge is 0.0811 e. The van der Waals surface area contributed by atoms with E-state index in [4.69, 9.17) is 10.5 Å². The van der Waals surface area contributed by atoms with Crippen LogP contribution < -0.4 is 5.73 Å². The molecule has 0 aromatic carbocycles. The Labute approximate surface area is 81.3 Å². The van der Waals surface area contributed by atoms with Crippen molar-refractivity contribution < 1.29 is 9.84 Å². The fourth-order valence-electron chi connectivity index (χ4n) is 1.29. The first-order valence-electron chi connectivity index (χ1n) is 5.01. The average Bonchev–Trinajstić information content (AvgIpc) is 2.04. The Bertz CT molecular complexity index is 139. The Balaban J connectivity index is 4.09. The maximum absolute atomic E-state index is 9.28. The van der Waals surface area contributed by atoms with E-state index in [1.54, 1.807) is 6.92 Å². The molecule has 0 aromatic heterocycles. The van der Waals surface area contributed by atoms with Crippen molar-refractivity contribution in [3.63, 3.8) is 0 Å². The van der Waals surface area contributed by atoms with E-state index in [2.05, 4.69) is 6.92 Å². The molecule has 0 heterocycles. The SMILES string of the molecule is CCCC(C)(CN)OC(C)C(C)O. The number of nitrogens with two attached hydrogens (primary N) is 1. The summed E-state index contributed by atoms with van der Waals surface area (Å²) in [5.74, 6) is 0. The second-order valence-corrected chi connectivity index (χ2v) is 3.97. The molecule has 0 saturated heterocycles. The molecule has 3 unspecified atom stereocenters. The molecular weight excluding hydrogens is 166 g/mol. The van der Waals surface area contributed by atoms with Gasteiger partial charge in [0.1, 0.15) is 0 Å². The summed E-state index contributed by atoms with van der Waals surface area (Å²) in [6.45, 7) is 8.19. The van der Waals surface area contributed by atoms with Gasteiger partial charge in [-0.3, -0.25) is 0 Å². The Morgan fingerprint density at radius 2 is 2.00 bits per heavy atom. The van der Waals surface area contributed by atoms with Crippen molar-refractivity contribution >= 4 is 0 Å². The summed E-state index contributed by atoms with van der Waals surface area (Å²) < 4.78 is 5.71. The first-order chi connectivity index (χ1) is 5.95. The topological polar surface area (TPSA) is 55.5 Å². The van der Waals surface area contributed by atoms with Gasteiger partial charge >= 0.3 is 0 Å². The lowest BCUT2D eigenvalue weighted by atomic mass is 10.00. The van der Waals surface area contributed by atoms with Crippen LogP contribution in [0.3, 0.4) is 0 Å². The molecule has 0 rings (SSSR count). The van der Waals surface area contributed by atoms with E-state index in [1.165, 1.54) is 0 Å². The summed E-state index contributed by atoms with van der Waals surface area (Å²) in [4.78, 5) is 0. The highest BCUT2D eigenvalue weighted by Gasteiger charge is 2.26. The molecule has 13 heavy (non-hydrogen) atoms. The molecule has 0 amide bonds. The van der Waals surface area contributed by atoms with Crippen molar-refractivity contribution in [2.75, 3.05) is 6.54 Å². The molecule has 0 aliphatic heterocycles. The van der Waals surface area contributed by atoms with Crippen LogP contribution in [-0.4, -0.2) is 29.5 Å². The molecule has 0 bridgehead atoms. The van der Waals surface area contributed by atoms with Gasteiger partial charge in [0.2, 0.25) is 0 Å². The number of hydrogen-bond acceptors (Lipinski definition) is 3. The van der Waals surface area contributed by atoms with Gasteiger partial charge in [-0.1, -0.05) is 13.3 Å². The molecule has 0 aliphatic carbocycles. The molecule has 0 saturated carbocycles. The summed E-state index contributed by atoms with van der Waals surface area (Å²) in [7, 11) is 0. The molecule has 0 aromatic rings. The number of rotatable bonds is 6.